The number of hydrogen-bond acceptors (Lipinski definition) is 7. The molecule has 0 aromatic heterocycles. The monoisotopic (exact) mass is 544 g/mol. The average molecular weight is 545 g/mol. The van der Waals surface area contributed by atoms with Gasteiger partial charge in [-0.15, -0.1) is 0 Å². The minimum absolute atomic E-state index is 0.0955. The summed E-state index contributed by atoms with van der Waals surface area (Å²) in [6.07, 6.45) is 5.12. The number of hydrogen-bond donors (Lipinski definition) is 2. The largest absolute Gasteiger partial charge is 0.381 e. The Hall–Kier alpha value is -3.56. The maximum atomic E-state index is 13.3. The van der Waals surface area contributed by atoms with Gasteiger partial charge in [-0.05, 0) is 86.4 Å². The smallest absolute Gasteiger partial charge is 0.264 e. The lowest BCUT2D eigenvalue weighted by Gasteiger charge is -2.44. The molecule has 0 radical (unpaired) electrons. The summed E-state index contributed by atoms with van der Waals surface area (Å²) in [5, 5.41) is 5.58. The molecule has 9 nitrogen and oxygen atoms in total. The van der Waals surface area contributed by atoms with Gasteiger partial charge in [0.05, 0.1) is 11.1 Å². The minimum atomic E-state index is -0.977. The van der Waals surface area contributed by atoms with Crippen LogP contribution in [-0.2, 0) is 27.4 Å². The molecular weight excluding hydrogens is 508 g/mol. The summed E-state index contributed by atoms with van der Waals surface area (Å²) >= 11 is 0. The number of amides is 4. The number of nitrogens with one attached hydrogen (secondary N) is 2. The van der Waals surface area contributed by atoms with Crippen LogP contribution in [0.15, 0.2) is 36.4 Å². The van der Waals surface area contributed by atoms with Gasteiger partial charge < -0.3 is 10.1 Å². The zero-order valence-electron chi connectivity index (χ0n) is 23.0. The molecule has 40 heavy (non-hydrogen) atoms. The SMILES string of the molecule is Cc1cc(CNc2cccc3c2C(=O)N(C2CCC(=O)NC2=O)C3=O)ccc1CN1CCC2(CCOCC2)CC1. The Kier molecular flexibility index (Phi) is 7.18. The van der Waals surface area contributed by atoms with E-state index in [1.165, 1.54) is 36.8 Å². The lowest BCUT2D eigenvalue weighted by molar-refractivity contribution is -0.136. The number of fused-ring (bicyclic) bond motifs is 1. The van der Waals surface area contributed by atoms with Crippen LogP contribution in [0.4, 0.5) is 5.69 Å². The number of anilines is 1. The first-order valence-electron chi connectivity index (χ1n) is 14.3. The van der Waals surface area contributed by atoms with Gasteiger partial charge in [0.25, 0.3) is 11.8 Å². The standard InChI is InChI=1S/C31H36N4O5/c1-20-17-21(5-6-22(20)19-34-13-9-31(10-14-34)11-15-40-16-12-31)18-32-24-4-2-3-23-27(24)30(39)35(29(23)38)25-7-8-26(36)33-28(25)37/h2-6,17,25,32H,7-16,18-19H2,1H3,(H,33,36,37). The van der Waals surface area contributed by atoms with Crippen LogP contribution in [0.5, 0.6) is 0 Å². The third kappa shape index (κ3) is 5.04. The Bertz CT molecular complexity index is 1360. The van der Waals surface area contributed by atoms with E-state index in [0.717, 1.165) is 43.3 Å². The first-order chi connectivity index (χ1) is 19.3. The summed E-state index contributed by atoms with van der Waals surface area (Å²) < 4.78 is 5.59. The third-order valence-electron chi connectivity index (χ3n) is 9.22. The van der Waals surface area contributed by atoms with Gasteiger partial charge in [-0.2, -0.15) is 0 Å². The summed E-state index contributed by atoms with van der Waals surface area (Å²) in [5.41, 5.74) is 5.24. The number of rotatable bonds is 6. The van der Waals surface area contributed by atoms with Crippen LogP contribution < -0.4 is 10.6 Å². The highest BCUT2D eigenvalue weighted by Gasteiger charge is 2.45. The van der Waals surface area contributed by atoms with Crippen molar-refractivity contribution in [1.29, 1.82) is 0 Å². The average Bonchev–Trinajstić information content (AvgIpc) is 3.21. The number of piperidine rings is 2. The first kappa shape index (κ1) is 26.7. The molecule has 1 spiro atoms. The van der Waals surface area contributed by atoms with Crippen LogP contribution in [0.2, 0.25) is 0 Å². The molecule has 3 fully saturated rings. The fourth-order valence-electron chi connectivity index (χ4n) is 6.64. The van der Waals surface area contributed by atoms with Gasteiger partial charge in [0.15, 0.2) is 0 Å². The minimum Gasteiger partial charge on any atom is -0.381 e. The molecule has 6 rings (SSSR count). The molecular formula is C31H36N4O5. The molecule has 0 aliphatic carbocycles. The quantitative estimate of drug-likeness (QED) is 0.537. The van der Waals surface area contributed by atoms with Crippen LogP contribution in [-0.4, -0.2) is 65.8 Å². The highest BCUT2D eigenvalue weighted by Crippen LogP contribution is 2.41. The van der Waals surface area contributed by atoms with Crippen molar-refractivity contribution < 1.29 is 23.9 Å². The van der Waals surface area contributed by atoms with Crippen LogP contribution in [0, 0.1) is 12.3 Å². The number of carbonyl (C=O) groups is 4. The molecule has 4 amide bonds. The Balaban J connectivity index is 1.10. The van der Waals surface area contributed by atoms with Gasteiger partial charge in [0.2, 0.25) is 11.8 Å². The summed E-state index contributed by atoms with van der Waals surface area (Å²) in [4.78, 5) is 53.9. The number of ether oxygens (including phenoxy) is 1. The predicted molar refractivity (Wildman–Crippen MR) is 149 cm³/mol. The number of likely N-dealkylation sites (tertiary alicyclic amines) is 1. The molecule has 2 aromatic rings. The van der Waals surface area contributed by atoms with E-state index < -0.39 is 23.8 Å². The Morgan fingerprint density at radius 1 is 1.00 bits per heavy atom. The summed E-state index contributed by atoms with van der Waals surface area (Å²) in [6, 6.07) is 10.6. The van der Waals surface area contributed by atoms with Crippen LogP contribution in [0.3, 0.4) is 0 Å². The topological polar surface area (TPSA) is 108 Å². The second-order valence-electron chi connectivity index (χ2n) is 11.7. The lowest BCUT2D eigenvalue weighted by atomic mass is 9.72. The fraction of sp³-hybridized carbons (Fsp3) is 0.484. The molecule has 4 aliphatic rings. The second-order valence-corrected chi connectivity index (χ2v) is 11.7. The summed E-state index contributed by atoms with van der Waals surface area (Å²) in [7, 11) is 0. The van der Waals surface area contributed by atoms with E-state index >= 15 is 0 Å². The second kappa shape index (κ2) is 10.8. The summed E-state index contributed by atoms with van der Waals surface area (Å²) in [5.74, 6) is -2.00. The molecule has 1 atom stereocenters. The molecule has 0 saturated carbocycles. The molecule has 3 saturated heterocycles. The number of benzene rings is 2. The van der Waals surface area contributed by atoms with E-state index in [9.17, 15) is 19.2 Å². The van der Waals surface area contributed by atoms with Crippen LogP contribution in [0.25, 0.3) is 0 Å². The van der Waals surface area contributed by atoms with Gasteiger partial charge in [-0.1, -0.05) is 24.3 Å². The fourth-order valence-corrected chi connectivity index (χ4v) is 6.64. The Morgan fingerprint density at radius 2 is 1.77 bits per heavy atom. The molecule has 2 aromatic carbocycles. The van der Waals surface area contributed by atoms with E-state index in [4.69, 9.17) is 4.74 Å². The zero-order chi connectivity index (χ0) is 27.9. The zero-order valence-corrected chi connectivity index (χ0v) is 23.0. The van der Waals surface area contributed by atoms with Crippen molar-refractivity contribution in [2.24, 2.45) is 5.41 Å². The third-order valence-corrected chi connectivity index (χ3v) is 9.22. The lowest BCUT2D eigenvalue weighted by Crippen LogP contribution is -2.54. The Morgan fingerprint density at radius 3 is 2.50 bits per heavy atom. The molecule has 9 heteroatoms. The van der Waals surface area contributed by atoms with Crippen molar-refractivity contribution in [3.8, 4) is 0 Å². The number of imide groups is 2. The molecule has 4 heterocycles. The molecule has 0 bridgehead atoms. The molecule has 1 unspecified atom stereocenters. The van der Waals surface area contributed by atoms with Gasteiger partial charge in [-0.3, -0.25) is 34.3 Å². The van der Waals surface area contributed by atoms with Crippen molar-refractivity contribution in [3.05, 3.63) is 64.2 Å². The van der Waals surface area contributed by atoms with E-state index in [0.29, 0.717) is 17.6 Å². The first-order valence-corrected chi connectivity index (χ1v) is 14.3. The maximum Gasteiger partial charge on any atom is 0.264 e. The van der Waals surface area contributed by atoms with Crippen LogP contribution >= 0.6 is 0 Å². The highest BCUT2D eigenvalue weighted by atomic mass is 16.5. The molecule has 2 N–H and O–H groups in total. The van der Waals surface area contributed by atoms with Crippen LogP contribution in [0.1, 0.15) is 75.9 Å². The van der Waals surface area contributed by atoms with E-state index in [1.807, 2.05) is 0 Å². The van der Waals surface area contributed by atoms with E-state index in [2.05, 4.69) is 40.7 Å². The van der Waals surface area contributed by atoms with Gasteiger partial charge in [0, 0.05) is 38.4 Å². The van der Waals surface area contributed by atoms with Crippen molar-refractivity contribution in [2.45, 2.75) is 64.6 Å². The normalized spacial score (nSPS) is 22.9. The van der Waals surface area contributed by atoms with E-state index in [-0.39, 0.29) is 29.9 Å². The predicted octanol–water partition coefficient (Wildman–Crippen LogP) is 3.40. The van der Waals surface area contributed by atoms with Crippen molar-refractivity contribution in [1.82, 2.24) is 15.1 Å². The number of carbonyl (C=O) groups excluding carboxylic acids is 4. The number of nitrogens with zero attached hydrogens (tertiary/aromatic N) is 2. The van der Waals surface area contributed by atoms with Crippen molar-refractivity contribution >= 4 is 29.3 Å². The highest BCUT2D eigenvalue weighted by molar-refractivity contribution is 6.25. The van der Waals surface area contributed by atoms with Gasteiger partial charge in [0.1, 0.15) is 6.04 Å². The maximum absolute atomic E-state index is 13.3. The number of aryl methyl sites for hydroxylation is 1. The van der Waals surface area contributed by atoms with Crippen molar-refractivity contribution in [3.63, 3.8) is 0 Å². The summed E-state index contributed by atoms with van der Waals surface area (Å²) in [6.45, 7) is 7.65. The van der Waals surface area contributed by atoms with Gasteiger partial charge in [-0.25, -0.2) is 0 Å². The van der Waals surface area contributed by atoms with Gasteiger partial charge >= 0.3 is 0 Å². The Labute approximate surface area is 234 Å². The van der Waals surface area contributed by atoms with Crippen molar-refractivity contribution in [2.75, 3.05) is 31.6 Å². The molecule has 4 aliphatic heterocycles. The van der Waals surface area contributed by atoms with E-state index in [1.54, 1.807) is 18.2 Å². The molecule has 210 valence electrons.